The molecule has 0 unspecified atom stereocenters. The van der Waals surface area contributed by atoms with Gasteiger partial charge >= 0.3 is 5.97 Å². The molecular formula is C22H37N3O5Si. The second-order valence-corrected chi connectivity index (χ2v) is 15.7. The van der Waals surface area contributed by atoms with Crippen molar-refractivity contribution in [3.05, 3.63) is 28.8 Å². The number of hydrogen-bond acceptors (Lipinski definition) is 6. The van der Waals surface area contributed by atoms with Gasteiger partial charge in [0.05, 0.1) is 42.8 Å². The van der Waals surface area contributed by atoms with Gasteiger partial charge in [-0.3, -0.25) is 9.59 Å². The van der Waals surface area contributed by atoms with Gasteiger partial charge in [-0.1, -0.05) is 19.6 Å². The van der Waals surface area contributed by atoms with Crippen LogP contribution >= 0.6 is 0 Å². The largest absolute Gasteiger partial charge is 0.460 e. The lowest BCUT2D eigenvalue weighted by atomic mass is 10.2. The summed E-state index contributed by atoms with van der Waals surface area (Å²) in [7, 11) is -1.17. The highest BCUT2D eigenvalue weighted by Crippen LogP contribution is 2.17. The predicted molar refractivity (Wildman–Crippen MR) is 124 cm³/mol. The third-order valence-corrected chi connectivity index (χ3v) is 6.36. The van der Waals surface area contributed by atoms with Gasteiger partial charge in [0.15, 0.2) is 0 Å². The molecule has 2 aromatic heterocycles. The first-order valence-electron chi connectivity index (χ1n) is 10.8. The first kappa shape index (κ1) is 25.3. The molecule has 0 aliphatic heterocycles. The van der Waals surface area contributed by atoms with Crippen LogP contribution < -0.4 is 5.56 Å². The fourth-order valence-corrected chi connectivity index (χ4v) is 3.74. The summed E-state index contributed by atoms with van der Waals surface area (Å²) < 4.78 is 19.9. The highest BCUT2D eigenvalue weighted by Gasteiger charge is 2.17. The number of aromatic nitrogens is 3. The third kappa shape index (κ3) is 8.23. The Morgan fingerprint density at radius 3 is 2.55 bits per heavy atom. The van der Waals surface area contributed by atoms with Crippen molar-refractivity contribution in [1.29, 1.82) is 0 Å². The number of carbonyl (C=O) groups excluding carboxylic acids is 1. The van der Waals surface area contributed by atoms with E-state index in [4.69, 9.17) is 14.2 Å². The summed E-state index contributed by atoms with van der Waals surface area (Å²) in [6.07, 6.45) is 3.77. The van der Waals surface area contributed by atoms with Crippen molar-refractivity contribution in [1.82, 2.24) is 14.3 Å². The number of ether oxygens (including phenoxy) is 3. The van der Waals surface area contributed by atoms with Crippen molar-refractivity contribution in [2.45, 2.75) is 78.2 Å². The van der Waals surface area contributed by atoms with Gasteiger partial charge in [-0.05, 0) is 39.8 Å². The Bertz CT molecular complexity index is 924. The quantitative estimate of drug-likeness (QED) is 0.293. The van der Waals surface area contributed by atoms with Crippen LogP contribution in [-0.4, -0.2) is 53.8 Å². The fraction of sp³-hybridized carbons (Fsp3) is 0.682. The standard InChI is InChI=1S/C22H37N3O5Si/c1-17(15-28-11-9-20(26)30-22(2,3)4)24-10-8-18-19(24)14-23-25(21(18)27)16-29-12-13-31(5,6)7/h8,10,14,17H,9,11-13,15-16H2,1-7H3/t17-/m1/s1. The average molecular weight is 452 g/mol. The van der Waals surface area contributed by atoms with Crippen molar-refractivity contribution >= 4 is 24.9 Å². The molecule has 174 valence electrons. The first-order chi connectivity index (χ1) is 14.4. The normalized spacial score (nSPS) is 13.5. The zero-order chi connectivity index (χ0) is 23.2. The van der Waals surface area contributed by atoms with Crippen LogP contribution in [0.5, 0.6) is 0 Å². The molecule has 8 nitrogen and oxygen atoms in total. The van der Waals surface area contributed by atoms with E-state index in [1.807, 2.05) is 38.5 Å². The van der Waals surface area contributed by atoms with E-state index < -0.39 is 13.7 Å². The maximum absolute atomic E-state index is 12.7. The highest BCUT2D eigenvalue weighted by atomic mass is 28.3. The van der Waals surface area contributed by atoms with E-state index in [1.165, 1.54) is 4.68 Å². The van der Waals surface area contributed by atoms with Crippen LogP contribution in [0.15, 0.2) is 23.3 Å². The van der Waals surface area contributed by atoms with Gasteiger partial charge in [-0.25, -0.2) is 4.68 Å². The van der Waals surface area contributed by atoms with Crippen LogP contribution in [0.3, 0.4) is 0 Å². The first-order valence-corrected chi connectivity index (χ1v) is 14.5. The lowest BCUT2D eigenvalue weighted by Crippen LogP contribution is -2.26. The molecule has 1 atom stereocenters. The molecule has 0 aromatic carbocycles. The zero-order valence-electron chi connectivity index (χ0n) is 19.9. The molecule has 31 heavy (non-hydrogen) atoms. The van der Waals surface area contributed by atoms with Crippen LogP contribution in [0.1, 0.15) is 40.2 Å². The van der Waals surface area contributed by atoms with E-state index in [0.29, 0.717) is 18.6 Å². The smallest absolute Gasteiger partial charge is 0.308 e. The molecule has 0 aliphatic rings. The van der Waals surface area contributed by atoms with Crippen molar-refractivity contribution in [3.63, 3.8) is 0 Å². The second kappa shape index (κ2) is 10.6. The third-order valence-electron chi connectivity index (χ3n) is 4.65. The van der Waals surface area contributed by atoms with Crippen LogP contribution in [0.2, 0.25) is 25.7 Å². The number of fused-ring (bicyclic) bond motifs is 1. The van der Waals surface area contributed by atoms with Gasteiger partial charge in [0, 0.05) is 20.9 Å². The summed E-state index contributed by atoms with van der Waals surface area (Å²) in [5, 5.41) is 4.88. The van der Waals surface area contributed by atoms with Crippen LogP contribution in [0.25, 0.3) is 10.9 Å². The number of carbonyl (C=O) groups is 1. The van der Waals surface area contributed by atoms with Gasteiger partial charge in [-0.2, -0.15) is 5.10 Å². The molecule has 0 bridgehead atoms. The molecule has 2 rings (SSSR count). The van der Waals surface area contributed by atoms with Gasteiger partial charge in [-0.15, -0.1) is 0 Å². The van der Waals surface area contributed by atoms with Crippen molar-refractivity contribution in [3.8, 4) is 0 Å². The summed E-state index contributed by atoms with van der Waals surface area (Å²) in [6.45, 7) is 15.9. The minimum absolute atomic E-state index is 0.0128. The minimum Gasteiger partial charge on any atom is -0.460 e. The summed E-state index contributed by atoms with van der Waals surface area (Å²) in [6, 6.07) is 2.84. The molecule has 0 radical (unpaired) electrons. The summed E-state index contributed by atoms with van der Waals surface area (Å²) in [5.74, 6) is -0.275. The molecule has 0 N–H and O–H groups in total. The minimum atomic E-state index is -1.17. The Morgan fingerprint density at radius 1 is 1.19 bits per heavy atom. The van der Waals surface area contributed by atoms with E-state index >= 15 is 0 Å². The molecule has 0 aliphatic carbocycles. The molecule has 0 amide bonds. The molecule has 2 aromatic rings. The second-order valence-electron chi connectivity index (χ2n) is 10.1. The molecule has 0 saturated carbocycles. The van der Waals surface area contributed by atoms with E-state index in [2.05, 4.69) is 24.7 Å². The van der Waals surface area contributed by atoms with Gasteiger partial charge in [0.1, 0.15) is 12.3 Å². The molecule has 0 saturated heterocycles. The number of esters is 1. The Kier molecular flexibility index (Phi) is 8.62. The lowest BCUT2D eigenvalue weighted by Gasteiger charge is -2.20. The summed E-state index contributed by atoms with van der Waals surface area (Å²) in [4.78, 5) is 24.5. The van der Waals surface area contributed by atoms with Crippen LogP contribution in [-0.2, 0) is 25.7 Å². The van der Waals surface area contributed by atoms with E-state index in [9.17, 15) is 9.59 Å². The number of hydrogen-bond donors (Lipinski definition) is 0. The monoisotopic (exact) mass is 451 g/mol. The Balaban J connectivity index is 1.91. The van der Waals surface area contributed by atoms with E-state index in [0.717, 1.165) is 11.6 Å². The zero-order valence-corrected chi connectivity index (χ0v) is 20.9. The highest BCUT2D eigenvalue weighted by molar-refractivity contribution is 6.76. The number of rotatable bonds is 11. The van der Waals surface area contributed by atoms with E-state index in [1.54, 1.807) is 12.3 Å². The molecular weight excluding hydrogens is 414 g/mol. The summed E-state index contributed by atoms with van der Waals surface area (Å²) in [5.41, 5.74) is 0.0992. The average Bonchev–Trinajstić information content (AvgIpc) is 3.06. The molecule has 0 spiro atoms. The predicted octanol–water partition coefficient (Wildman–Crippen LogP) is 3.82. The van der Waals surface area contributed by atoms with Crippen molar-refractivity contribution in [2.75, 3.05) is 19.8 Å². The maximum Gasteiger partial charge on any atom is 0.308 e. The molecule has 0 fully saturated rings. The molecule has 2 heterocycles. The summed E-state index contributed by atoms with van der Waals surface area (Å²) >= 11 is 0. The number of nitrogens with zero attached hydrogens (tertiary/aromatic N) is 3. The van der Waals surface area contributed by atoms with Gasteiger partial charge < -0.3 is 18.8 Å². The van der Waals surface area contributed by atoms with Crippen molar-refractivity contribution < 1.29 is 19.0 Å². The van der Waals surface area contributed by atoms with E-state index in [-0.39, 0.29) is 37.3 Å². The maximum atomic E-state index is 12.7. The Labute approximate surface area is 185 Å². The van der Waals surface area contributed by atoms with Gasteiger partial charge in [0.2, 0.25) is 0 Å². The topological polar surface area (TPSA) is 84.6 Å². The SMILES string of the molecule is C[C@H](COCCC(=O)OC(C)(C)C)n1ccc2c(=O)n(COCC[Si](C)(C)C)ncc21. The fourth-order valence-electron chi connectivity index (χ4n) is 2.98. The van der Waals surface area contributed by atoms with Crippen molar-refractivity contribution in [2.24, 2.45) is 0 Å². The molecule has 9 heteroatoms. The Hall–Kier alpha value is -1.97. The van der Waals surface area contributed by atoms with Gasteiger partial charge in [0.25, 0.3) is 5.56 Å². The Morgan fingerprint density at radius 2 is 1.90 bits per heavy atom. The van der Waals surface area contributed by atoms with Crippen LogP contribution in [0, 0.1) is 0 Å². The van der Waals surface area contributed by atoms with Crippen LogP contribution in [0.4, 0.5) is 0 Å². The lowest BCUT2D eigenvalue weighted by molar-refractivity contribution is -0.156.